The fraction of sp³-hybridized carbons (Fsp3) is 0.571. The fourth-order valence-corrected chi connectivity index (χ4v) is 4.89. The second kappa shape index (κ2) is 8.83. The van der Waals surface area contributed by atoms with Crippen LogP contribution < -0.4 is 4.90 Å². The molecule has 1 aliphatic carbocycles. The van der Waals surface area contributed by atoms with Gasteiger partial charge in [0.25, 0.3) is 0 Å². The quantitative estimate of drug-likeness (QED) is 0.775. The summed E-state index contributed by atoms with van der Waals surface area (Å²) < 4.78 is 0. The number of aromatic nitrogens is 2. The van der Waals surface area contributed by atoms with E-state index < -0.39 is 0 Å². The Balaban J connectivity index is 1.25. The molecule has 27 heavy (non-hydrogen) atoms. The molecule has 2 aliphatic rings. The molecular weight excluding hydrogens is 356 g/mol. The second-order valence-corrected chi connectivity index (χ2v) is 8.61. The Morgan fingerprint density at radius 1 is 1.04 bits per heavy atom. The lowest BCUT2D eigenvalue weighted by Gasteiger charge is -2.35. The summed E-state index contributed by atoms with van der Waals surface area (Å²) >= 11 is 1.68. The van der Waals surface area contributed by atoms with Crippen LogP contribution in [0.2, 0.25) is 0 Å². The van der Waals surface area contributed by atoms with Crippen molar-refractivity contribution in [2.45, 2.75) is 44.9 Å². The first-order chi connectivity index (χ1) is 13.3. The number of carbonyl (C=O) groups excluding carboxylic acids is 1. The summed E-state index contributed by atoms with van der Waals surface area (Å²) in [6, 6.07) is 8.17. The molecule has 0 N–H and O–H groups in total. The number of hydrogen-bond acceptors (Lipinski definition) is 5. The van der Waals surface area contributed by atoms with E-state index in [-0.39, 0.29) is 0 Å². The lowest BCUT2D eigenvalue weighted by Crippen LogP contribution is -2.49. The molecule has 0 atom stereocenters. The highest BCUT2D eigenvalue weighted by Gasteiger charge is 2.23. The Labute approximate surface area is 165 Å². The monoisotopic (exact) mass is 384 g/mol. The van der Waals surface area contributed by atoms with Gasteiger partial charge in [0, 0.05) is 32.6 Å². The molecule has 1 saturated heterocycles. The van der Waals surface area contributed by atoms with Crippen molar-refractivity contribution >= 4 is 23.1 Å². The average Bonchev–Trinajstić information content (AvgIpc) is 3.28. The zero-order valence-electron chi connectivity index (χ0n) is 15.8. The van der Waals surface area contributed by atoms with Gasteiger partial charge in [0.1, 0.15) is 5.69 Å². The van der Waals surface area contributed by atoms with Crippen LogP contribution in [0.25, 0.3) is 10.6 Å². The van der Waals surface area contributed by atoms with Gasteiger partial charge in [0.15, 0.2) is 5.82 Å². The first-order valence-electron chi connectivity index (χ1n) is 10.2. The van der Waals surface area contributed by atoms with Crippen molar-refractivity contribution in [3.8, 4) is 10.6 Å². The predicted molar refractivity (Wildman–Crippen MR) is 110 cm³/mol. The van der Waals surface area contributed by atoms with Crippen molar-refractivity contribution in [1.29, 1.82) is 0 Å². The second-order valence-electron chi connectivity index (χ2n) is 7.66. The molecule has 2 fully saturated rings. The van der Waals surface area contributed by atoms with E-state index in [2.05, 4.69) is 26.5 Å². The molecule has 0 unspecified atom stereocenters. The Morgan fingerprint density at radius 3 is 2.52 bits per heavy atom. The van der Waals surface area contributed by atoms with Crippen LogP contribution in [0.1, 0.15) is 44.9 Å². The number of rotatable bonds is 5. The van der Waals surface area contributed by atoms with Gasteiger partial charge >= 0.3 is 0 Å². The third-order valence-corrected chi connectivity index (χ3v) is 6.76. The first kappa shape index (κ1) is 18.4. The van der Waals surface area contributed by atoms with Crippen LogP contribution in [0.15, 0.2) is 29.6 Å². The van der Waals surface area contributed by atoms with Crippen molar-refractivity contribution in [1.82, 2.24) is 15.1 Å². The molecule has 2 aromatic heterocycles. The normalized spacial score (nSPS) is 18.7. The van der Waals surface area contributed by atoms with Crippen LogP contribution in [0.3, 0.4) is 0 Å². The predicted octanol–water partition coefficient (Wildman–Crippen LogP) is 4.21. The third-order valence-electron chi connectivity index (χ3n) is 5.87. The lowest BCUT2D eigenvalue weighted by atomic mass is 9.86. The summed E-state index contributed by atoms with van der Waals surface area (Å²) in [5.41, 5.74) is 0.922. The first-order valence-corrected chi connectivity index (χ1v) is 11.1. The van der Waals surface area contributed by atoms with Gasteiger partial charge in [-0.2, -0.15) is 0 Å². The molecule has 2 aromatic rings. The van der Waals surface area contributed by atoms with E-state index in [4.69, 9.17) is 0 Å². The number of carbonyl (C=O) groups is 1. The maximum Gasteiger partial charge on any atom is 0.222 e. The third kappa shape index (κ3) is 4.67. The molecule has 6 heteroatoms. The number of amides is 1. The van der Waals surface area contributed by atoms with Crippen LogP contribution in [-0.4, -0.2) is 47.2 Å². The largest absolute Gasteiger partial charge is 0.352 e. The molecule has 4 rings (SSSR count). The minimum atomic E-state index is 0.333. The molecule has 3 heterocycles. The Bertz CT molecular complexity index is 717. The molecular formula is C21H28N4OS. The summed E-state index contributed by atoms with van der Waals surface area (Å²) in [5, 5.41) is 10.8. The minimum Gasteiger partial charge on any atom is -0.352 e. The van der Waals surface area contributed by atoms with E-state index in [0.29, 0.717) is 5.91 Å². The van der Waals surface area contributed by atoms with Crippen LogP contribution in [0.5, 0.6) is 0 Å². The topological polar surface area (TPSA) is 49.3 Å². The molecule has 1 aliphatic heterocycles. The Hall–Kier alpha value is -1.95. The van der Waals surface area contributed by atoms with E-state index in [9.17, 15) is 4.79 Å². The highest BCUT2D eigenvalue weighted by Crippen LogP contribution is 2.28. The zero-order chi connectivity index (χ0) is 18.5. The van der Waals surface area contributed by atoms with Crippen molar-refractivity contribution in [2.75, 3.05) is 31.1 Å². The number of nitrogens with zero attached hydrogens (tertiary/aromatic N) is 4. The summed E-state index contributed by atoms with van der Waals surface area (Å²) in [4.78, 5) is 17.9. The highest BCUT2D eigenvalue weighted by atomic mass is 32.1. The van der Waals surface area contributed by atoms with Crippen molar-refractivity contribution < 1.29 is 4.79 Å². The van der Waals surface area contributed by atoms with Gasteiger partial charge in [-0.25, -0.2) is 0 Å². The smallest absolute Gasteiger partial charge is 0.222 e. The van der Waals surface area contributed by atoms with Crippen molar-refractivity contribution in [3.63, 3.8) is 0 Å². The van der Waals surface area contributed by atoms with E-state index in [1.165, 1.54) is 32.1 Å². The van der Waals surface area contributed by atoms with Crippen LogP contribution in [-0.2, 0) is 4.79 Å². The fourth-order valence-electron chi connectivity index (χ4n) is 4.20. The molecule has 144 valence electrons. The number of hydrogen-bond donors (Lipinski definition) is 0. The molecule has 5 nitrogen and oxygen atoms in total. The average molecular weight is 385 g/mol. The Kier molecular flexibility index (Phi) is 6.02. The summed E-state index contributed by atoms with van der Waals surface area (Å²) in [6.45, 7) is 3.25. The van der Waals surface area contributed by atoms with Gasteiger partial charge in [0.05, 0.1) is 4.88 Å². The van der Waals surface area contributed by atoms with E-state index in [0.717, 1.165) is 61.3 Å². The van der Waals surface area contributed by atoms with E-state index in [1.807, 2.05) is 23.1 Å². The summed E-state index contributed by atoms with van der Waals surface area (Å²) in [5.74, 6) is 2.02. The minimum absolute atomic E-state index is 0.333. The SMILES string of the molecule is O=C(CCC1CCCCC1)N1CCN(c2ccc(-c3cccs3)nn2)CC1. The van der Waals surface area contributed by atoms with Gasteiger partial charge in [0.2, 0.25) is 5.91 Å². The van der Waals surface area contributed by atoms with E-state index >= 15 is 0 Å². The molecule has 0 aromatic carbocycles. The molecule has 0 bridgehead atoms. The maximum absolute atomic E-state index is 12.5. The Morgan fingerprint density at radius 2 is 1.85 bits per heavy atom. The van der Waals surface area contributed by atoms with Crippen LogP contribution in [0, 0.1) is 5.92 Å². The summed E-state index contributed by atoms with van der Waals surface area (Å²) in [6.07, 6.45) is 8.52. The standard InChI is InChI=1S/C21H28N4OS/c26-21(11-8-17-5-2-1-3-6-17)25-14-12-24(13-15-25)20-10-9-18(22-23-20)19-7-4-16-27-19/h4,7,9-10,16-17H,1-3,5-6,8,11-15H2. The van der Waals surface area contributed by atoms with Crippen LogP contribution >= 0.6 is 11.3 Å². The highest BCUT2D eigenvalue weighted by molar-refractivity contribution is 7.13. The molecule has 0 spiro atoms. The van der Waals surface area contributed by atoms with Gasteiger partial charge in [-0.05, 0) is 35.9 Å². The molecule has 0 radical (unpaired) electrons. The number of thiophene rings is 1. The number of piperazine rings is 1. The van der Waals surface area contributed by atoms with Gasteiger partial charge in [-0.3, -0.25) is 4.79 Å². The zero-order valence-corrected chi connectivity index (χ0v) is 16.7. The molecule has 1 saturated carbocycles. The van der Waals surface area contributed by atoms with Crippen LogP contribution in [0.4, 0.5) is 5.82 Å². The van der Waals surface area contributed by atoms with Gasteiger partial charge < -0.3 is 9.80 Å². The summed E-state index contributed by atoms with van der Waals surface area (Å²) in [7, 11) is 0. The van der Waals surface area contributed by atoms with Crippen molar-refractivity contribution in [3.05, 3.63) is 29.6 Å². The maximum atomic E-state index is 12.5. The van der Waals surface area contributed by atoms with Gasteiger partial charge in [-0.1, -0.05) is 38.2 Å². The van der Waals surface area contributed by atoms with Crippen molar-refractivity contribution in [2.24, 2.45) is 5.92 Å². The lowest BCUT2D eigenvalue weighted by molar-refractivity contribution is -0.131. The molecule has 1 amide bonds. The van der Waals surface area contributed by atoms with Gasteiger partial charge in [-0.15, -0.1) is 21.5 Å². The van der Waals surface area contributed by atoms with E-state index in [1.54, 1.807) is 11.3 Å². The number of anilines is 1.